The highest BCUT2D eigenvalue weighted by molar-refractivity contribution is 6.07. The first-order valence-electron chi connectivity index (χ1n) is 8.36. The molecule has 1 aromatic carbocycles. The van der Waals surface area contributed by atoms with E-state index in [9.17, 15) is 4.79 Å². The third kappa shape index (κ3) is 3.24. The number of aliphatic imine (C=N–C) groups is 1. The van der Waals surface area contributed by atoms with Crippen molar-refractivity contribution in [2.24, 2.45) is 4.99 Å². The molecule has 5 heteroatoms. The number of piperidine rings is 1. The van der Waals surface area contributed by atoms with E-state index in [2.05, 4.69) is 52.5 Å². The zero-order valence-corrected chi connectivity index (χ0v) is 14.2. The summed E-state index contributed by atoms with van der Waals surface area (Å²) in [7, 11) is 3.82. The van der Waals surface area contributed by atoms with Crippen LogP contribution in [0.4, 0.5) is 0 Å². The van der Waals surface area contributed by atoms with Gasteiger partial charge < -0.3 is 9.80 Å². The number of carbonyl (C=O) groups excluding carboxylic acids is 1. The highest BCUT2D eigenvalue weighted by Crippen LogP contribution is 2.31. The number of guanidine groups is 1. The molecule has 0 saturated carbocycles. The second kappa shape index (κ2) is 6.32. The Morgan fingerprint density at radius 2 is 1.91 bits per heavy atom. The minimum atomic E-state index is -0.536. The van der Waals surface area contributed by atoms with Crippen LogP contribution in [0.2, 0.25) is 0 Å². The minimum Gasteiger partial charge on any atom is -0.349 e. The highest BCUT2D eigenvalue weighted by Gasteiger charge is 2.46. The summed E-state index contributed by atoms with van der Waals surface area (Å²) >= 11 is 0. The number of hydrogen-bond acceptors (Lipinski definition) is 4. The van der Waals surface area contributed by atoms with Crippen molar-refractivity contribution < 1.29 is 4.79 Å². The molecule has 1 spiro atoms. The van der Waals surface area contributed by atoms with E-state index < -0.39 is 5.54 Å². The van der Waals surface area contributed by atoms with Crippen LogP contribution in [-0.4, -0.2) is 60.9 Å². The number of carbonyl (C=O) groups is 1. The zero-order valence-electron chi connectivity index (χ0n) is 14.2. The van der Waals surface area contributed by atoms with Gasteiger partial charge in [-0.05, 0) is 24.3 Å². The third-order valence-electron chi connectivity index (χ3n) is 4.98. The molecule has 3 rings (SSSR count). The molecule has 23 heavy (non-hydrogen) atoms. The predicted molar refractivity (Wildman–Crippen MR) is 92.5 cm³/mol. The molecule has 0 unspecified atom stereocenters. The van der Waals surface area contributed by atoms with Gasteiger partial charge in [0.15, 0.2) is 0 Å². The second-order valence-corrected chi connectivity index (χ2v) is 6.93. The number of hydrogen-bond donors (Lipinski definition) is 1. The van der Waals surface area contributed by atoms with E-state index in [0.717, 1.165) is 32.5 Å². The van der Waals surface area contributed by atoms with Gasteiger partial charge in [0.1, 0.15) is 5.54 Å². The van der Waals surface area contributed by atoms with Crippen molar-refractivity contribution in [2.75, 3.05) is 33.7 Å². The Morgan fingerprint density at radius 3 is 2.48 bits per heavy atom. The highest BCUT2D eigenvalue weighted by atomic mass is 16.2. The molecule has 5 nitrogen and oxygen atoms in total. The summed E-state index contributed by atoms with van der Waals surface area (Å²) in [4.78, 5) is 21.4. The first-order chi connectivity index (χ1) is 11.0. The summed E-state index contributed by atoms with van der Waals surface area (Å²) in [6.07, 6.45) is 1.61. The predicted octanol–water partition coefficient (Wildman–Crippen LogP) is 1.67. The maximum absolute atomic E-state index is 12.3. The topological polar surface area (TPSA) is 47.9 Å². The third-order valence-corrected chi connectivity index (χ3v) is 4.98. The first kappa shape index (κ1) is 16.0. The minimum absolute atomic E-state index is 0.0666. The Labute approximate surface area is 138 Å². The molecule has 1 aromatic rings. The van der Waals surface area contributed by atoms with Gasteiger partial charge in [-0.2, -0.15) is 0 Å². The van der Waals surface area contributed by atoms with Gasteiger partial charge in [-0.25, -0.2) is 4.99 Å². The Bertz CT molecular complexity index is 588. The van der Waals surface area contributed by atoms with Crippen LogP contribution in [0.3, 0.4) is 0 Å². The Morgan fingerprint density at radius 1 is 1.26 bits per heavy atom. The summed E-state index contributed by atoms with van der Waals surface area (Å²) in [5.74, 6) is 1.27. The van der Waals surface area contributed by atoms with Crippen LogP contribution in [0.25, 0.3) is 0 Å². The molecule has 124 valence electrons. The van der Waals surface area contributed by atoms with Crippen LogP contribution in [0.5, 0.6) is 0 Å². The van der Waals surface area contributed by atoms with Crippen molar-refractivity contribution in [3.8, 4) is 0 Å². The Balaban J connectivity index is 1.60. The molecule has 1 atom stereocenters. The second-order valence-electron chi connectivity index (χ2n) is 6.93. The zero-order chi connectivity index (χ0) is 16.4. The molecule has 0 aromatic heterocycles. The number of benzene rings is 1. The lowest BCUT2D eigenvalue weighted by Gasteiger charge is -2.36. The summed E-state index contributed by atoms with van der Waals surface area (Å²) in [5.41, 5.74) is 0.839. The van der Waals surface area contributed by atoms with Crippen LogP contribution in [0.15, 0.2) is 35.3 Å². The molecule has 0 bridgehead atoms. The lowest BCUT2D eigenvalue weighted by Crippen LogP contribution is -2.49. The van der Waals surface area contributed by atoms with E-state index in [1.165, 1.54) is 5.56 Å². The smallest absolute Gasteiger partial charge is 0.254 e. The van der Waals surface area contributed by atoms with Crippen LogP contribution in [0.1, 0.15) is 31.2 Å². The van der Waals surface area contributed by atoms with E-state index >= 15 is 0 Å². The van der Waals surface area contributed by atoms with E-state index in [-0.39, 0.29) is 5.91 Å². The molecule has 1 N–H and O–H groups in total. The van der Waals surface area contributed by atoms with Gasteiger partial charge in [-0.15, -0.1) is 0 Å². The van der Waals surface area contributed by atoms with Gasteiger partial charge >= 0.3 is 0 Å². The van der Waals surface area contributed by atoms with Crippen LogP contribution in [-0.2, 0) is 4.79 Å². The average Bonchev–Trinajstić information content (AvgIpc) is 2.88. The van der Waals surface area contributed by atoms with Crippen molar-refractivity contribution in [1.82, 2.24) is 15.1 Å². The van der Waals surface area contributed by atoms with Gasteiger partial charge in [0.05, 0.1) is 0 Å². The average molecular weight is 314 g/mol. The maximum atomic E-state index is 12.3. The monoisotopic (exact) mass is 314 g/mol. The summed E-state index contributed by atoms with van der Waals surface area (Å²) in [6, 6.07) is 10.6. The van der Waals surface area contributed by atoms with Gasteiger partial charge in [0.2, 0.25) is 5.96 Å². The quantitative estimate of drug-likeness (QED) is 0.923. The van der Waals surface area contributed by atoms with Crippen molar-refractivity contribution in [1.29, 1.82) is 0 Å². The van der Waals surface area contributed by atoms with E-state index in [1.54, 1.807) is 0 Å². The number of amides is 1. The molecule has 1 fully saturated rings. The molecule has 1 saturated heterocycles. The van der Waals surface area contributed by atoms with Gasteiger partial charge in [0.25, 0.3) is 5.91 Å². The van der Waals surface area contributed by atoms with Crippen molar-refractivity contribution >= 4 is 11.9 Å². The molecule has 0 aliphatic carbocycles. The molecular formula is C18H26N4O. The Kier molecular flexibility index (Phi) is 4.39. The molecular weight excluding hydrogens is 288 g/mol. The van der Waals surface area contributed by atoms with Gasteiger partial charge in [-0.3, -0.25) is 10.1 Å². The van der Waals surface area contributed by atoms with E-state index in [4.69, 9.17) is 0 Å². The standard InChI is InChI=1S/C18H26N4O/c1-14(15-7-5-4-6-8-15)13-22-11-9-18(10-12-22)16(23)19-17(20-18)21(2)3/h4-8,14H,9-13H2,1-3H3,(H,19,20,23)/t14-/m1/s1. The fraction of sp³-hybridized carbons (Fsp3) is 0.556. The fourth-order valence-electron chi connectivity index (χ4n) is 3.43. The summed E-state index contributed by atoms with van der Waals surface area (Å²) in [5, 5.41) is 2.91. The number of nitrogens with one attached hydrogen (secondary N) is 1. The SMILES string of the molecule is C[C@H](CN1CCC2(CC1)N=C(N(C)C)NC2=O)c1ccccc1. The lowest BCUT2D eigenvalue weighted by molar-refractivity contribution is -0.125. The van der Waals surface area contributed by atoms with Crippen molar-refractivity contribution in [3.63, 3.8) is 0 Å². The molecule has 1 amide bonds. The normalized spacial score (nSPS) is 21.9. The largest absolute Gasteiger partial charge is 0.349 e. The summed E-state index contributed by atoms with van der Waals surface area (Å²) < 4.78 is 0. The van der Waals surface area contributed by atoms with Gasteiger partial charge in [-0.1, -0.05) is 37.3 Å². The van der Waals surface area contributed by atoms with E-state index in [1.807, 2.05) is 19.0 Å². The number of rotatable bonds is 3. The molecule has 2 aliphatic rings. The van der Waals surface area contributed by atoms with Crippen LogP contribution >= 0.6 is 0 Å². The Hall–Kier alpha value is -1.88. The van der Waals surface area contributed by atoms with Crippen molar-refractivity contribution in [2.45, 2.75) is 31.2 Å². The van der Waals surface area contributed by atoms with Crippen LogP contribution < -0.4 is 5.32 Å². The summed E-state index contributed by atoms with van der Waals surface area (Å²) in [6.45, 7) is 5.15. The first-order valence-corrected chi connectivity index (χ1v) is 8.36. The number of likely N-dealkylation sites (tertiary alicyclic amines) is 1. The lowest BCUT2D eigenvalue weighted by atomic mass is 9.87. The molecule has 2 heterocycles. The number of nitrogens with zero attached hydrogens (tertiary/aromatic N) is 3. The van der Waals surface area contributed by atoms with E-state index in [0.29, 0.717) is 11.9 Å². The van der Waals surface area contributed by atoms with Crippen LogP contribution in [0, 0.1) is 0 Å². The van der Waals surface area contributed by atoms with Gasteiger partial charge in [0, 0.05) is 33.7 Å². The molecule has 2 aliphatic heterocycles. The van der Waals surface area contributed by atoms with Crippen molar-refractivity contribution in [3.05, 3.63) is 35.9 Å². The molecule has 0 radical (unpaired) electrons. The fourth-order valence-corrected chi connectivity index (χ4v) is 3.43. The maximum Gasteiger partial charge on any atom is 0.254 e.